The van der Waals surface area contributed by atoms with Crippen LogP contribution < -0.4 is 9.47 Å². The lowest BCUT2D eigenvalue weighted by Gasteiger charge is -2.34. The molecule has 2 aliphatic heterocycles. The predicted molar refractivity (Wildman–Crippen MR) is 95.4 cm³/mol. The Morgan fingerprint density at radius 1 is 1.11 bits per heavy atom. The molecule has 0 bridgehead atoms. The van der Waals surface area contributed by atoms with E-state index in [0.29, 0.717) is 36.9 Å². The Morgan fingerprint density at radius 3 is 2.70 bits per heavy atom. The molecule has 0 radical (unpaired) electrons. The van der Waals surface area contributed by atoms with Crippen LogP contribution in [0.15, 0.2) is 24.3 Å². The van der Waals surface area contributed by atoms with Gasteiger partial charge in [0, 0.05) is 25.3 Å². The van der Waals surface area contributed by atoms with E-state index in [1.54, 1.807) is 22.8 Å². The van der Waals surface area contributed by atoms with Crippen molar-refractivity contribution in [3.8, 4) is 11.5 Å². The molecule has 0 unspecified atom stereocenters. The molecule has 0 aliphatic carbocycles. The van der Waals surface area contributed by atoms with Gasteiger partial charge in [0.15, 0.2) is 11.5 Å². The van der Waals surface area contributed by atoms with Crippen molar-refractivity contribution in [2.75, 3.05) is 26.4 Å². The molecule has 0 saturated carbocycles. The molecule has 0 N–H and O–H groups in total. The van der Waals surface area contributed by atoms with Gasteiger partial charge < -0.3 is 19.3 Å². The summed E-state index contributed by atoms with van der Waals surface area (Å²) in [6.07, 6.45) is 0. The minimum atomic E-state index is -0.236. The van der Waals surface area contributed by atoms with Crippen molar-refractivity contribution >= 4 is 11.8 Å². The summed E-state index contributed by atoms with van der Waals surface area (Å²) in [5.41, 5.74) is 2.03. The first kappa shape index (κ1) is 17.3. The van der Waals surface area contributed by atoms with Crippen molar-refractivity contribution < 1.29 is 19.1 Å². The van der Waals surface area contributed by atoms with Gasteiger partial charge in [-0.05, 0) is 37.6 Å². The van der Waals surface area contributed by atoms with E-state index in [1.807, 2.05) is 25.1 Å². The standard InChI is InChI=1S/C19H20N4O4/c1-12-7-15(21-13(2)20-12)19(25)23-6-5-22(18(24)10-23)9-14-3-4-16-17(8-14)27-11-26-16/h3-4,7-8H,5-6,9-11H2,1-2H3. The zero-order valence-corrected chi connectivity index (χ0v) is 15.3. The number of aromatic nitrogens is 2. The third kappa shape index (κ3) is 3.55. The number of benzene rings is 1. The number of carbonyl (C=O) groups excluding carboxylic acids is 2. The fourth-order valence-corrected chi connectivity index (χ4v) is 3.30. The van der Waals surface area contributed by atoms with Gasteiger partial charge in [0.2, 0.25) is 12.7 Å². The highest BCUT2D eigenvalue weighted by atomic mass is 16.7. The van der Waals surface area contributed by atoms with Crippen LogP contribution in [0.4, 0.5) is 0 Å². The molecule has 27 heavy (non-hydrogen) atoms. The van der Waals surface area contributed by atoms with Crippen LogP contribution in [0.5, 0.6) is 11.5 Å². The maximum Gasteiger partial charge on any atom is 0.273 e. The van der Waals surface area contributed by atoms with Crippen molar-refractivity contribution in [3.05, 3.63) is 47.0 Å². The highest BCUT2D eigenvalue weighted by Gasteiger charge is 2.29. The number of aryl methyl sites for hydroxylation is 2. The first-order valence-corrected chi connectivity index (χ1v) is 8.77. The largest absolute Gasteiger partial charge is 0.454 e. The first-order valence-electron chi connectivity index (χ1n) is 8.77. The normalized spacial score (nSPS) is 16.0. The number of piperazine rings is 1. The minimum absolute atomic E-state index is 0.0471. The molecule has 140 valence electrons. The summed E-state index contributed by atoms with van der Waals surface area (Å²) < 4.78 is 10.7. The fraction of sp³-hybridized carbons (Fsp3) is 0.368. The van der Waals surface area contributed by atoms with Gasteiger partial charge in [-0.1, -0.05) is 6.07 Å². The van der Waals surface area contributed by atoms with Gasteiger partial charge >= 0.3 is 0 Å². The van der Waals surface area contributed by atoms with Crippen molar-refractivity contribution in [1.82, 2.24) is 19.8 Å². The van der Waals surface area contributed by atoms with E-state index in [1.165, 1.54) is 0 Å². The minimum Gasteiger partial charge on any atom is -0.454 e. The van der Waals surface area contributed by atoms with Crippen LogP contribution >= 0.6 is 0 Å². The third-order valence-corrected chi connectivity index (χ3v) is 4.60. The maximum atomic E-state index is 12.7. The number of hydrogen-bond acceptors (Lipinski definition) is 6. The lowest BCUT2D eigenvalue weighted by atomic mass is 10.1. The molecular weight excluding hydrogens is 348 g/mol. The Kier molecular flexibility index (Phi) is 4.39. The smallest absolute Gasteiger partial charge is 0.273 e. The lowest BCUT2D eigenvalue weighted by Crippen LogP contribution is -2.52. The Morgan fingerprint density at radius 2 is 1.93 bits per heavy atom. The van der Waals surface area contributed by atoms with Crippen LogP contribution in [0.25, 0.3) is 0 Å². The van der Waals surface area contributed by atoms with Crippen LogP contribution in [0.3, 0.4) is 0 Å². The fourth-order valence-electron chi connectivity index (χ4n) is 3.30. The molecule has 8 heteroatoms. The number of carbonyl (C=O) groups is 2. The Bertz CT molecular complexity index is 894. The highest BCUT2D eigenvalue weighted by Crippen LogP contribution is 2.32. The van der Waals surface area contributed by atoms with Crippen LogP contribution in [0, 0.1) is 13.8 Å². The van der Waals surface area contributed by atoms with Crippen molar-refractivity contribution in [2.24, 2.45) is 0 Å². The summed E-state index contributed by atoms with van der Waals surface area (Å²) >= 11 is 0. The Balaban J connectivity index is 1.41. The van der Waals surface area contributed by atoms with E-state index in [-0.39, 0.29) is 25.2 Å². The molecule has 0 spiro atoms. The lowest BCUT2D eigenvalue weighted by molar-refractivity contribution is -0.135. The highest BCUT2D eigenvalue weighted by molar-refractivity contribution is 5.95. The van der Waals surface area contributed by atoms with Gasteiger partial charge in [0.05, 0.1) is 0 Å². The second-order valence-electron chi connectivity index (χ2n) is 6.67. The first-order chi connectivity index (χ1) is 13.0. The number of rotatable bonds is 3. The summed E-state index contributed by atoms with van der Waals surface area (Å²) in [7, 11) is 0. The number of fused-ring (bicyclic) bond motifs is 1. The van der Waals surface area contributed by atoms with E-state index in [4.69, 9.17) is 9.47 Å². The van der Waals surface area contributed by atoms with Gasteiger partial charge in [0.1, 0.15) is 18.1 Å². The molecule has 1 fully saturated rings. The van der Waals surface area contributed by atoms with Crippen LogP contribution in [-0.4, -0.2) is 58.0 Å². The number of amides is 2. The van der Waals surface area contributed by atoms with Gasteiger partial charge in [-0.2, -0.15) is 0 Å². The monoisotopic (exact) mass is 368 g/mol. The van der Waals surface area contributed by atoms with Crippen LogP contribution in [0.2, 0.25) is 0 Å². The molecule has 0 atom stereocenters. The van der Waals surface area contributed by atoms with E-state index in [2.05, 4.69) is 9.97 Å². The molecule has 3 heterocycles. The SMILES string of the molecule is Cc1cc(C(=O)N2CCN(Cc3ccc4c(c3)OCO4)C(=O)C2)nc(C)n1. The molecule has 2 aliphatic rings. The van der Waals surface area contributed by atoms with E-state index >= 15 is 0 Å². The average molecular weight is 368 g/mol. The van der Waals surface area contributed by atoms with E-state index in [9.17, 15) is 9.59 Å². The second kappa shape index (κ2) is 6.86. The number of hydrogen-bond donors (Lipinski definition) is 0. The summed E-state index contributed by atoms with van der Waals surface area (Å²) in [5.74, 6) is 1.64. The summed E-state index contributed by atoms with van der Waals surface area (Å²) in [4.78, 5) is 36.9. The van der Waals surface area contributed by atoms with E-state index in [0.717, 1.165) is 17.0 Å². The Labute approximate surface area is 156 Å². The molecule has 8 nitrogen and oxygen atoms in total. The molecule has 2 amide bonds. The molecule has 1 aromatic heterocycles. The summed E-state index contributed by atoms with van der Waals surface area (Å²) in [6, 6.07) is 7.31. The van der Waals surface area contributed by atoms with Crippen LogP contribution in [0.1, 0.15) is 27.6 Å². The van der Waals surface area contributed by atoms with Gasteiger partial charge in [-0.25, -0.2) is 9.97 Å². The Hall–Kier alpha value is -3.16. The number of ether oxygens (including phenoxy) is 2. The zero-order valence-electron chi connectivity index (χ0n) is 15.3. The predicted octanol–water partition coefficient (Wildman–Crippen LogP) is 1.31. The zero-order chi connectivity index (χ0) is 19.0. The van der Waals surface area contributed by atoms with Crippen molar-refractivity contribution in [1.29, 1.82) is 0 Å². The molecular formula is C19H20N4O4. The average Bonchev–Trinajstić information content (AvgIpc) is 3.10. The molecule has 1 aromatic carbocycles. The molecule has 2 aromatic rings. The third-order valence-electron chi connectivity index (χ3n) is 4.60. The number of nitrogens with zero attached hydrogens (tertiary/aromatic N) is 4. The van der Waals surface area contributed by atoms with Crippen molar-refractivity contribution in [2.45, 2.75) is 20.4 Å². The molecule has 1 saturated heterocycles. The van der Waals surface area contributed by atoms with Gasteiger partial charge in [0.25, 0.3) is 5.91 Å². The summed E-state index contributed by atoms with van der Waals surface area (Å²) in [6.45, 7) is 5.26. The quantitative estimate of drug-likeness (QED) is 0.812. The van der Waals surface area contributed by atoms with Gasteiger partial charge in [-0.3, -0.25) is 9.59 Å². The molecule has 4 rings (SSSR count). The van der Waals surface area contributed by atoms with Crippen LogP contribution in [-0.2, 0) is 11.3 Å². The topological polar surface area (TPSA) is 84.9 Å². The summed E-state index contributed by atoms with van der Waals surface area (Å²) in [5, 5.41) is 0. The maximum absolute atomic E-state index is 12.7. The second-order valence-corrected chi connectivity index (χ2v) is 6.67. The van der Waals surface area contributed by atoms with E-state index < -0.39 is 0 Å². The van der Waals surface area contributed by atoms with Gasteiger partial charge in [-0.15, -0.1) is 0 Å². The van der Waals surface area contributed by atoms with Crippen molar-refractivity contribution in [3.63, 3.8) is 0 Å².